The van der Waals surface area contributed by atoms with Gasteiger partial charge in [-0.3, -0.25) is 9.69 Å². The van der Waals surface area contributed by atoms with Gasteiger partial charge in [0.25, 0.3) is 5.91 Å². The highest BCUT2D eigenvalue weighted by Crippen LogP contribution is 2.26. The van der Waals surface area contributed by atoms with E-state index < -0.39 is 0 Å². The van der Waals surface area contributed by atoms with Crippen molar-refractivity contribution >= 4 is 17.7 Å². The predicted octanol–water partition coefficient (Wildman–Crippen LogP) is 2.51. The molecule has 2 heterocycles. The number of rotatable bonds is 4. The van der Waals surface area contributed by atoms with Crippen molar-refractivity contribution in [2.24, 2.45) is 5.92 Å². The molecular weight excluding hydrogens is 306 g/mol. The molecule has 0 aliphatic carbocycles. The lowest BCUT2D eigenvalue weighted by atomic mass is 9.95. The number of piperidine rings is 1. The number of nitrogens with one attached hydrogen (secondary N) is 1. The summed E-state index contributed by atoms with van der Waals surface area (Å²) in [6.45, 7) is 3.06. The molecule has 1 atom stereocenters. The molecule has 2 saturated heterocycles. The monoisotopic (exact) mass is 329 g/mol. The molecule has 1 N–H and O–H groups in total. The van der Waals surface area contributed by atoms with Crippen molar-refractivity contribution in [2.75, 3.05) is 31.1 Å². The average molecular weight is 329 g/mol. The molecule has 0 spiro atoms. The summed E-state index contributed by atoms with van der Waals surface area (Å²) >= 11 is 2.07. The molecule has 2 aliphatic heterocycles. The fourth-order valence-corrected chi connectivity index (χ4v) is 4.66. The van der Waals surface area contributed by atoms with E-state index in [1.807, 2.05) is 0 Å². The molecular formula is C18H23N3OS. The second-order valence-corrected chi connectivity index (χ2v) is 7.55. The molecule has 4 nitrogen and oxygen atoms in total. The van der Waals surface area contributed by atoms with E-state index in [0.717, 1.165) is 25.7 Å². The van der Waals surface area contributed by atoms with E-state index in [2.05, 4.69) is 28.0 Å². The van der Waals surface area contributed by atoms with Crippen LogP contribution in [-0.2, 0) is 0 Å². The highest BCUT2D eigenvalue weighted by molar-refractivity contribution is 7.99. The summed E-state index contributed by atoms with van der Waals surface area (Å²) in [6, 6.07) is 9.73. The topological polar surface area (TPSA) is 56.1 Å². The van der Waals surface area contributed by atoms with E-state index in [9.17, 15) is 4.79 Å². The molecule has 2 fully saturated rings. The highest BCUT2D eigenvalue weighted by Gasteiger charge is 2.27. The van der Waals surface area contributed by atoms with Gasteiger partial charge in [0.1, 0.15) is 0 Å². The van der Waals surface area contributed by atoms with Crippen LogP contribution in [0.4, 0.5) is 0 Å². The lowest BCUT2D eigenvalue weighted by molar-refractivity contribution is 0.0928. The van der Waals surface area contributed by atoms with Gasteiger partial charge in [0.05, 0.1) is 11.6 Å². The van der Waals surface area contributed by atoms with E-state index in [0.29, 0.717) is 17.0 Å². The van der Waals surface area contributed by atoms with Crippen molar-refractivity contribution in [3.05, 3.63) is 35.4 Å². The summed E-state index contributed by atoms with van der Waals surface area (Å²) in [5, 5.41) is 11.9. The normalized spacial score (nSPS) is 22.7. The smallest absolute Gasteiger partial charge is 0.251 e. The van der Waals surface area contributed by atoms with Gasteiger partial charge in [-0.2, -0.15) is 17.0 Å². The number of thioether (sulfide) groups is 1. The molecule has 1 aromatic carbocycles. The summed E-state index contributed by atoms with van der Waals surface area (Å²) in [7, 11) is 0. The maximum atomic E-state index is 12.2. The standard InChI is InChI=1S/C18H23N3OS/c19-11-15-2-1-3-16(10-15)18(22)20-12-14-4-7-21(8-5-14)17-6-9-23-13-17/h1-3,10,14,17H,4-9,12-13H2,(H,20,22). The van der Waals surface area contributed by atoms with Gasteiger partial charge >= 0.3 is 0 Å². The lowest BCUT2D eigenvalue weighted by Crippen LogP contribution is -2.43. The summed E-state index contributed by atoms with van der Waals surface area (Å²) in [4.78, 5) is 14.8. The molecule has 1 aromatic rings. The molecule has 3 rings (SSSR count). The third-order valence-electron chi connectivity index (χ3n) is 4.88. The SMILES string of the molecule is N#Cc1cccc(C(=O)NCC2CCN(C3CCSC3)CC2)c1. The van der Waals surface area contributed by atoms with Crippen LogP contribution in [0.3, 0.4) is 0 Å². The first-order valence-corrected chi connectivity index (χ1v) is 9.52. The maximum Gasteiger partial charge on any atom is 0.251 e. The minimum Gasteiger partial charge on any atom is -0.352 e. The van der Waals surface area contributed by atoms with Crippen molar-refractivity contribution in [3.63, 3.8) is 0 Å². The Hall–Kier alpha value is -1.51. The zero-order valence-corrected chi connectivity index (χ0v) is 14.1. The zero-order valence-electron chi connectivity index (χ0n) is 13.3. The number of nitriles is 1. The van der Waals surface area contributed by atoms with E-state index in [1.165, 1.54) is 30.8 Å². The molecule has 122 valence electrons. The van der Waals surface area contributed by atoms with E-state index in [4.69, 9.17) is 5.26 Å². The summed E-state index contributed by atoms with van der Waals surface area (Å²) < 4.78 is 0. The van der Waals surface area contributed by atoms with Gasteiger partial charge < -0.3 is 5.32 Å². The fraction of sp³-hybridized carbons (Fsp3) is 0.556. The van der Waals surface area contributed by atoms with Crippen LogP contribution in [0.15, 0.2) is 24.3 Å². The number of hydrogen-bond acceptors (Lipinski definition) is 4. The van der Waals surface area contributed by atoms with Gasteiger partial charge in [0.15, 0.2) is 0 Å². The van der Waals surface area contributed by atoms with Crippen LogP contribution in [0.25, 0.3) is 0 Å². The van der Waals surface area contributed by atoms with E-state index in [-0.39, 0.29) is 5.91 Å². The molecule has 0 aromatic heterocycles. The molecule has 1 unspecified atom stereocenters. The molecule has 2 aliphatic rings. The second kappa shape index (κ2) is 7.85. The van der Waals surface area contributed by atoms with Gasteiger partial charge in [0, 0.05) is 23.9 Å². The lowest BCUT2D eigenvalue weighted by Gasteiger charge is -2.35. The van der Waals surface area contributed by atoms with Crippen molar-refractivity contribution in [1.82, 2.24) is 10.2 Å². The van der Waals surface area contributed by atoms with Crippen LogP contribution in [-0.4, -0.2) is 48.0 Å². The summed E-state index contributed by atoms with van der Waals surface area (Å²) in [5.74, 6) is 3.10. The Labute approximate surface area is 142 Å². The Balaban J connectivity index is 1.44. The molecule has 5 heteroatoms. The molecule has 0 radical (unpaired) electrons. The Morgan fingerprint density at radius 2 is 2.17 bits per heavy atom. The Bertz CT molecular complexity index is 584. The second-order valence-electron chi connectivity index (χ2n) is 6.40. The Kier molecular flexibility index (Phi) is 5.58. The van der Waals surface area contributed by atoms with Crippen molar-refractivity contribution < 1.29 is 4.79 Å². The van der Waals surface area contributed by atoms with Gasteiger partial charge in [-0.15, -0.1) is 0 Å². The van der Waals surface area contributed by atoms with Crippen LogP contribution >= 0.6 is 11.8 Å². The molecule has 0 bridgehead atoms. The highest BCUT2D eigenvalue weighted by atomic mass is 32.2. The third-order valence-corrected chi connectivity index (χ3v) is 6.02. The summed E-state index contributed by atoms with van der Waals surface area (Å²) in [6.07, 6.45) is 3.67. The van der Waals surface area contributed by atoms with E-state index in [1.54, 1.807) is 24.3 Å². The number of carbonyl (C=O) groups is 1. The van der Waals surface area contributed by atoms with Crippen molar-refractivity contribution in [1.29, 1.82) is 5.26 Å². The van der Waals surface area contributed by atoms with Crippen molar-refractivity contribution in [3.8, 4) is 6.07 Å². The maximum absolute atomic E-state index is 12.2. The van der Waals surface area contributed by atoms with Gasteiger partial charge in [0.2, 0.25) is 0 Å². The fourth-order valence-electron chi connectivity index (χ4n) is 3.40. The Morgan fingerprint density at radius 1 is 1.35 bits per heavy atom. The number of nitrogens with zero attached hydrogens (tertiary/aromatic N) is 2. The van der Waals surface area contributed by atoms with Crippen LogP contribution < -0.4 is 5.32 Å². The molecule has 1 amide bonds. The van der Waals surface area contributed by atoms with Crippen LogP contribution in [0, 0.1) is 17.2 Å². The number of benzene rings is 1. The molecule has 0 saturated carbocycles. The van der Waals surface area contributed by atoms with Gasteiger partial charge in [-0.25, -0.2) is 0 Å². The van der Waals surface area contributed by atoms with E-state index >= 15 is 0 Å². The third kappa shape index (κ3) is 4.27. The first-order chi connectivity index (χ1) is 11.3. The largest absolute Gasteiger partial charge is 0.352 e. The Morgan fingerprint density at radius 3 is 2.87 bits per heavy atom. The molecule has 23 heavy (non-hydrogen) atoms. The number of hydrogen-bond donors (Lipinski definition) is 1. The minimum atomic E-state index is -0.0725. The van der Waals surface area contributed by atoms with Crippen LogP contribution in [0.5, 0.6) is 0 Å². The quantitative estimate of drug-likeness (QED) is 0.922. The van der Waals surface area contributed by atoms with Gasteiger partial charge in [-0.05, 0) is 62.2 Å². The predicted molar refractivity (Wildman–Crippen MR) is 93.5 cm³/mol. The zero-order chi connectivity index (χ0) is 16.1. The number of amides is 1. The number of likely N-dealkylation sites (tertiary alicyclic amines) is 1. The van der Waals surface area contributed by atoms with Crippen LogP contribution in [0.2, 0.25) is 0 Å². The first kappa shape index (κ1) is 16.4. The summed E-state index contributed by atoms with van der Waals surface area (Å²) in [5.41, 5.74) is 1.10. The van der Waals surface area contributed by atoms with Crippen LogP contribution in [0.1, 0.15) is 35.2 Å². The minimum absolute atomic E-state index is 0.0725. The average Bonchev–Trinajstić information content (AvgIpc) is 3.15. The van der Waals surface area contributed by atoms with Gasteiger partial charge in [-0.1, -0.05) is 6.07 Å². The first-order valence-electron chi connectivity index (χ1n) is 8.36. The number of carbonyl (C=O) groups excluding carboxylic acids is 1. The van der Waals surface area contributed by atoms with Crippen molar-refractivity contribution in [2.45, 2.75) is 25.3 Å².